The van der Waals surface area contributed by atoms with Crippen molar-refractivity contribution in [2.45, 2.75) is 18.9 Å². The quantitative estimate of drug-likeness (QED) is 0.701. The van der Waals surface area contributed by atoms with Crippen LogP contribution in [-0.4, -0.2) is 29.1 Å². The van der Waals surface area contributed by atoms with Crippen LogP contribution in [0, 0.1) is 5.92 Å². The summed E-state index contributed by atoms with van der Waals surface area (Å²) in [7, 11) is 0. The molecule has 1 N–H and O–H groups in total. The van der Waals surface area contributed by atoms with Crippen LogP contribution < -0.4 is 0 Å². The van der Waals surface area contributed by atoms with E-state index in [4.69, 9.17) is 0 Å². The third kappa shape index (κ3) is 3.90. The van der Waals surface area contributed by atoms with Gasteiger partial charge in [0.05, 0.1) is 12.0 Å². The highest BCUT2D eigenvalue weighted by Crippen LogP contribution is 2.36. The summed E-state index contributed by atoms with van der Waals surface area (Å²) in [6, 6.07) is 16.5. The van der Waals surface area contributed by atoms with E-state index >= 15 is 0 Å². The van der Waals surface area contributed by atoms with E-state index in [0.29, 0.717) is 6.54 Å². The summed E-state index contributed by atoms with van der Waals surface area (Å²) >= 11 is 7.22. The van der Waals surface area contributed by atoms with Crippen LogP contribution in [0.2, 0.25) is 0 Å². The van der Waals surface area contributed by atoms with Crippen molar-refractivity contribution in [1.29, 1.82) is 0 Å². The lowest BCUT2D eigenvalue weighted by atomic mass is 9.91. The van der Waals surface area contributed by atoms with Gasteiger partial charge in [0.25, 0.3) is 0 Å². The molecule has 5 heteroatoms. The van der Waals surface area contributed by atoms with E-state index in [-0.39, 0.29) is 12.0 Å². The highest BCUT2D eigenvalue weighted by atomic mass is 79.9. The number of aliphatic carboxylic acids is 1. The monoisotopic (exact) mass is 451 g/mol. The van der Waals surface area contributed by atoms with Crippen molar-refractivity contribution < 1.29 is 9.90 Å². The Morgan fingerprint density at radius 2 is 1.96 bits per heavy atom. The molecule has 1 fully saturated rings. The van der Waals surface area contributed by atoms with Crippen LogP contribution in [-0.2, 0) is 4.79 Å². The van der Waals surface area contributed by atoms with E-state index in [9.17, 15) is 9.90 Å². The summed E-state index contributed by atoms with van der Waals surface area (Å²) in [5.74, 6) is -0.990. The number of carboxylic acids is 1. The number of nitrogens with zero attached hydrogens (tertiary/aromatic N) is 1. The fraction of sp³-hybridized carbons (Fsp3) is 0.316. The number of hydrogen-bond donors (Lipinski definition) is 1. The molecule has 3 rings (SSSR count). The summed E-state index contributed by atoms with van der Waals surface area (Å²) in [5.41, 5.74) is 2.34. The Hall–Kier alpha value is -1.17. The smallest absolute Gasteiger partial charge is 0.307 e. The van der Waals surface area contributed by atoms with Crippen molar-refractivity contribution in [3.8, 4) is 0 Å². The maximum Gasteiger partial charge on any atom is 0.307 e. The van der Waals surface area contributed by atoms with Gasteiger partial charge in [-0.1, -0.05) is 62.2 Å². The number of likely N-dealkylation sites (tertiary alicyclic amines) is 1. The van der Waals surface area contributed by atoms with Crippen LogP contribution in [0.5, 0.6) is 0 Å². The molecule has 1 aliphatic rings. The van der Waals surface area contributed by atoms with Crippen molar-refractivity contribution in [1.82, 2.24) is 4.90 Å². The van der Waals surface area contributed by atoms with Gasteiger partial charge >= 0.3 is 5.97 Å². The van der Waals surface area contributed by atoms with Crippen molar-refractivity contribution in [2.75, 3.05) is 13.1 Å². The summed E-state index contributed by atoms with van der Waals surface area (Å²) in [6.45, 7) is 1.48. The Bertz CT molecular complexity index is 735. The lowest BCUT2D eigenvalue weighted by molar-refractivity contribution is -0.143. The minimum atomic E-state index is -0.695. The predicted octanol–water partition coefficient (Wildman–Crippen LogP) is 5.10. The molecule has 2 atom stereocenters. The molecular weight excluding hydrogens is 434 g/mol. The second-order valence-electron chi connectivity index (χ2n) is 6.15. The second kappa shape index (κ2) is 7.81. The standard InChI is InChI=1S/C19H19Br2NO2/c20-15-7-3-5-13(11-15)18(16-8-1-2-9-17(16)21)22-10-4-6-14(12-22)19(23)24/h1-3,5,7-9,11,14,18H,4,6,10,12H2,(H,23,24). The molecule has 3 nitrogen and oxygen atoms in total. The number of benzene rings is 2. The lowest BCUT2D eigenvalue weighted by Crippen LogP contribution is -2.41. The molecule has 0 saturated carbocycles. The first-order valence-electron chi connectivity index (χ1n) is 8.03. The van der Waals surface area contributed by atoms with E-state index in [1.54, 1.807) is 0 Å². The van der Waals surface area contributed by atoms with Gasteiger partial charge in [0.1, 0.15) is 0 Å². The molecule has 2 unspecified atom stereocenters. The van der Waals surface area contributed by atoms with E-state index in [2.05, 4.69) is 55.0 Å². The van der Waals surface area contributed by atoms with Gasteiger partial charge < -0.3 is 5.11 Å². The molecular formula is C19H19Br2NO2. The number of piperidine rings is 1. The van der Waals surface area contributed by atoms with Gasteiger partial charge in [-0.2, -0.15) is 0 Å². The topological polar surface area (TPSA) is 40.5 Å². The van der Waals surface area contributed by atoms with Crippen LogP contribution in [0.25, 0.3) is 0 Å². The molecule has 126 valence electrons. The first kappa shape index (κ1) is 17.6. The van der Waals surface area contributed by atoms with Crippen molar-refractivity contribution >= 4 is 37.8 Å². The Morgan fingerprint density at radius 1 is 1.17 bits per heavy atom. The molecule has 0 radical (unpaired) electrons. The maximum absolute atomic E-state index is 11.5. The van der Waals surface area contributed by atoms with Crippen LogP contribution in [0.4, 0.5) is 0 Å². The summed E-state index contributed by atoms with van der Waals surface area (Å²) in [4.78, 5) is 13.8. The molecule has 1 saturated heterocycles. The fourth-order valence-electron chi connectivity index (χ4n) is 3.40. The van der Waals surface area contributed by atoms with E-state index < -0.39 is 5.97 Å². The van der Waals surface area contributed by atoms with Crippen LogP contribution in [0.15, 0.2) is 57.5 Å². The van der Waals surface area contributed by atoms with Crippen LogP contribution in [0.3, 0.4) is 0 Å². The first-order chi connectivity index (χ1) is 11.6. The van der Waals surface area contributed by atoms with Crippen molar-refractivity contribution in [2.24, 2.45) is 5.92 Å². The minimum absolute atomic E-state index is 0.0419. The Kier molecular flexibility index (Phi) is 5.74. The molecule has 24 heavy (non-hydrogen) atoms. The first-order valence-corrected chi connectivity index (χ1v) is 9.61. The average Bonchev–Trinajstić information content (AvgIpc) is 2.57. The normalized spacial score (nSPS) is 19.8. The zero-order valence-corrected chi connectivity index (χ0v) is 16.3. The van der Waals surface area contributed by atoms with Crippen LogP contribution >= 0.6 is 31.9 Å². The fourth-order valence-corrected chi connectivity index (χ4v) is 4.32. The molecule has 0 aromatic heterocycles. The highest BCUT2D eigenvalue weighted by Gasteiger charge is 2.32. The zero-order chi connectivity index (χ0) is 17.1. The SMILES string of the molecule is O=C(O)C1CCCN(C(c2cccc(Br)c2)c2ccccc2Br)C1. The second-order valence-corrected chi connectivity index (χ2v) is 7.92. The van der Waals surface area contributed by atoms with Crippen LogP contribution in [0.1, 0.15) is 30.0 Å². The van der Waals surface area contributed by atoms with Gasteiger partial charge in [0.15, 0.2) is 0 Å². The lowest BCUT2D eigenvalue weighted by Gasteiger charge is -2.38. The van der Waals surface area contributed by atoms with E-state index in [1.807, 2.05) is 30.3 Å². The minimum Gasteiger partial charge on any atom is -0.481 e. The van der Waals surface area contributed by atoms with Gasteiger partial charge in [-0.3, -0.25) is 9.69 Å². The number of carbonyl (C=O) groups is 1. The van der Waals surface area contributed by atoms with E-state index in [0.717, 1.165) is 28.3 Å². The van der Waals surface area contributed by atoms with Crippen molar-refractivity contribution in [3.05, 3.63) is 68.6 Å². The summed E-state index contributed by atoms with van der Waals surface area (Å²) in [6.07, 6.45) is 1.67. The highest BCUT2D eigenvalue weighted by molar-refractivity contribution is 9.10. The van der Waals surface area contributed by atoms with Gasteiger partial charge in [-0.25, -0.2) is 0 Å². The Labute approximate surface area is 158 Å². The van der Waals surface area contributed by atoms with Gasteiger partial charge in [-0.05, 0) is 48.7 Å². The maximum atomic E-state index is 11.5. The van der Waals surface area contributed by atoms with Gasteiger partial charge in [0.2, 0.25) is 0 Å². The third-order valence-electron chi connectivity index (χ3n) is 4.53. The molecule has 0 amide bonds. The molecule has 2 aromatic rings. The summed E-state index contributed by atoms with van der Waals surface area (Å²) < 4.78 is 2.08. The van der Waals surface area contributed by atoms with Crippen molar-refractivity contribution in [3.63, 3.8) is 0 Å². The number of hydrogen-bond acceptors (Lipinski definition) is 2. The van der Waals surface area contributed by atoms with Gasteiger partial charge in [-0.15, -0.1) is 0 Å². The molecule has 2 aromatic carbocycles. The zero-order valence-electron chi connectivity index (χ0n) is 13.2. The average molecular weight is 453 g/mol. The molecule has 0 aliphatic carbocycles. The Morgan fingerprint density at radius 3 is 2.67 bits per heavy atom. The van der Waals surface area contributed by atoms with Gasteiger partial charge in [0, 0.05) is 15.5 Å². The number of halogens is 2. The largest absolute Gasteiger partial charge is 0.481 e. The molecule has 1 aliphatic heterocycles. The number of rotatable bonds is 4. The summed E-state index contributed by atoms with van der Waals surface area (Å²) in [5, 5.41) is 9.43. The third-order valence-corrected chi connectivity index (χ3v) is 5.75. The molecule has 0 bridgehead atoms. The Balaban J connectivity index is 2.02. The van der Waals surface area contributed by atoms with E-state index in [1.165, 1.54) is 11.1 Å². The predicted molar refractivity (Wildman–Crippen MR) is 102 cm³/mol. The molecule has 1 heterocycles. The molecule has 0 spiro atoms. The number of carboxylic acid groups (broad SMARTS) is 1.